The molecule has 23 heavy (non-hydrogen) atoms. The number of hydrogen-bond acceptors (Lipinski definition) is 5. The third-order valence-corrected chi connectivity index (χ3v) is 5.32. The summed E-state index contributed by atoms with van der Waals surface area (Å²) in [5.74, 6) is -0.243. The molecule has 1 atom stereocenters. The van der Waals surface area contributed by atoms with Crippen molar-refractivity contribution in [2.75, 3.05) is 18.4 Å². The molecule has 1 amide bonds. The first-order chi connectivity index (χ1) is 10.9. The minimum Gasteiger partial charge on any atom is -0.358 e. The van der Waals surface area contributed by atoms with E-state index in [9.17, 15) is 14.9 Å². The normalized spacial score (nSPS) is 15.3. The summed E-state index contributed by atoms with van der Waals surface area (Å²) in [6, 6.07) is 3.94. The van der Waals surface area contributed by atoms with Crippen LogP contribution in [0.3, 0.4) is 0 Å². The number of halogens is 1. The molecule has 9 heteroatoms. The number of nitro benzene ring substituents is 1. The zero-order valence-corrected chi connectivity index (χ0v) is 14.8. The zero-order chi connectivity index (χ0) is 17.0. The van der Waals surface area contributed by atoms with Crippen molar-refractivity contribution in [2.24, 2.45) is 0 Å². The maximum Gasteiger partial charge on any atom is 0.271 e. The maximum absolute atomic E-state index is 12.2. The van der Waals surface area contributed by atoms with E-state index in [2.05, 4.69) is 10.2 Å². The average Bonchev–Trinajstić information content (AvgIpc) is 3.03. The third kappa shape index (κ3) is 4.79. The van der Waals surface area contributed by atoms with E-state index in [1.807, 2.05) is 0 Å². The summed E-state index contributed by atoms with van der Waals surface area (Å²) in [4.78, 5) is 24.5. The molecule has 0 aliphatic carbocycles. The Hall–Kier alpha value is -1.38. The highest BCUT2D eigenvalue weighted by atomic mass is 35.5. The summed E-state index contributed by atoms with van der Waals surface area (Å²) >= 11 is 12.7. The predicted octanol–water partition coefficient (Wildman–Crippen LogP) is 3.69. The lowest BCUT2D eigenvalue weighted by molar-refractivity contribution is -0.384. The van der Waals surface area contributed by atoms with Gasteiger partial charge in [0.1, 0.15) is 4.32 Å². The van der Waals surface area contributed by atoms with E-state index >= 15 is 0 Å². The highest BCUT2D eigenvalue weighted by Crippen LogP contribution is 2.28. The number of amides is 1. The van der Waals surface area contributed by atoms with E-state index in [-0.39, 0.29) is 21.9 Å². The highest BCUT2D eigenvalue weighted by Gasteiger charge is 2.22. The smallest absolute Gasteiger partial charge is 0.271 e. The fourth-order valence-electron chi connectivity index (χ4n) is 2.13. The molecule has 1 fully saturated rings. The Labute approximate surface area is 148 Å². The van der Waals surface area contributed by atoms with Crippen LogP contribution in [0.25, 0.3) is 0 Å². The number of thioether (sulfide) groups is 1. The first-order valence-corrected chi connectivity index (χ1v) is 8.75. The molecule has 1 aromatic rings. The highest BCUT2D eigenvalue weighted by molar-refractivity contribution is 8.23. The van der Waals surface area contributed by atoms with Crippen LogP contribution in [0.15, 0.2) is 18.2 Å². The van der Waals surface area contributed by atoms with Crippen LogP contribution in [0, 0.1) is 10.1 Å². The van der Waals surface area contributed by atoms with Crippen LogP contribution < -0.4 is 5.32 Å². The van der Waals surface area contributed by atoms with Crippen molar-refractivity contribution in [3.05, 3.63) is 33.3 Å². The Morgan fingerprint density at radius 2 is 2.13 bits per heavy atom. The number of non-ortho nitro benzene ring substituents is 1. The molecule has 1 aliphatic heterocycles. The summed E-state index contributed by atoms with van der Waals surface area (Å²) in [6.45, 7) is 3.64. The van der Waals surface area contributed by atoms with Gasteiger partial charge in [0.15, 0.2) is 0 Å². The molecule has 1 aliphatic rings. The second-order valence-electron chi connectivity index (χ2n) is 5.13. The molecule has 1 N–H and O–H groups in total. The molecule has 1 unspecified atom stereocenters. The Balaban J connectivity index is 1.95. The molecular formula is C14H16ClN3O3S2. The van der Waals surface area contributed by atoms with Crippen molar-refractivity contribution in [2.45, 2.75) is 25.0 Å². The lowest BCUT2D eigenvalue weighted by atomic mass is 10.2. The van der Waals surface area contributed by atoms with E-state index in [0.29, 0.717) is 5.69 Å². The Kier molecular flexibility index (Phi) is 6.20. The molecule has 124 valence electrons. The Morgan fingerprint density at radius 1 is 1.48 bits per heavy atom. The fraction of sp³-hybridized carbons (Fsp3) is 0.429. The molecule has 0 spiro atoms. The van der Waals surface area contributed by atoms with Gasteiger partial charge in [0.2, 0.25) is 5.91 Å². The van der Waals surface area contributed by atoms with Gasteiger partial charge in [-0.3, -0.25) is 14.9 Å². The number of nitrogens with one attached hydrogen (secondary N) is 1. The van der Waals surface area contributed by atoms with Crippen LogP contribution >= 0.6 is 35.6 Å². The largest absolute Gasteiger partial charge is 0.358 e. The average molecular weight is 374 g/mol. The number of carbonyl (C=O) groups is 1. The molecule has 6 nitrogen and oxygen atoms in total. The van der Waals surface area contributed by atoms with Gasteiger partial charge >= 0.3 is 0 Å². The molecule has 1 saturated heterocycles. The van der Waals surface area contributed by atoms with Gasteiger partial charge < -0.3 is 10.2 Å². The minimum atomic E-state index is -0.537. The van der Waals surface area contributed by atoms with E-state index in [1.165, 1.54) is 30.0 Å². The lowest BCUT2D eigenvalue weighted by Gasteiger charge is -2.20. The summed E-state index contributed by atoms with van der Waals surface area (Å²) < 4.78 is 0.722. The monoisotopic (exact) mass is 373 g/mol. The third-order valence-electron chi connectivity index (χ3n) is 3.43. The van der Waals surface area contributed by atoms with E-state index in [1.54, 1.807) is 6.92 Å². The Morgan fingerprint density at radius 3 is 2.70 bits per heavy atom. The van der Waals surface area contributed by atoms with Gasteiger partial charge in [-0.15, -0.1) is 0 Å². The van der Waals surface area contributed by atoms with Crippen LogP contribution in [0.1, 0.15) is 19.8 Å². The Bertz CT molecular complexity index is 636. The standard InChI is InChI=1S/C14H16ClN3O3S2/c1-9(23-14(22)17-6-2-3-7-17)13(19)16-12-5-4-10(18(20)21)8-11(12)15/h4-5,8-9H,2-3,6-7H2,1H3,(H,16,19). The van der Waals surface area contributed by atoms with E-state index in [4.69, 9.17) is 23.8 Å². The maximum atomic E-state index is 12.2. The summed E-state index contributed by atoms with van der Waals surface area (Å²) in [6.07, 6.45) is 2.25. The topological polar surface area (TPSA) is 75.5 Å². The summed E-state index contributed by atoms with van der Waals surface area (Å²) in [7, 11) is 0. The molecule has 1 aromatic carbocycles. The van der Waals surface area contributed by atoms with Crippen molar-refractivity contribution in [3.8, 4) is 0 Å². The van der Waals surface area contributed by atoms with Gasteiger partial charge in [0.05, 0.1) is 20.9 Å². The molecule has 0 bridgehead atoms. The summed E-state index contributed by atoms with van der Waals surface area (Å²) in [5, 5.41) is 13.1. The molecule has 0 radical (unpaired) electrons. The molecule has 0 saturated carbocycles. The first kappa shape index (κ1) is 18.0. The van der Waals surface area contributed by atoms with E-state index in [0.717, 1.165) is 30.3 Å². The number of rotatable bonds is 4. The number of nitro groups is 1. The van der Waals surface area contributed by atoms with Gasteiger partial charge in [-0.25, -0.2) is 0 Å². The van der Waals surface area contributed by atoms with Crippen molar-refractivity contribution in [1.82, 2.24) is 4.90 Å². The number of anilines is 1. The second kappa shape index (κ2) is 7.94. The molecular weight excluding hydrogens is 358 g/mol. The van der Waals surface area contributed by atoms with Gasteiger partial charge in [-0.05, 0) is 25.8 Å². The number of nitrogens with zero attached hydrogens (tertiary/aromatic N) is 2. The first-order valence-electron chi connectivity index (χ1n) is 7.09. The second-order valence-corrected chi connectivity index (χ2v) is 7.51. The van der Waals surface area contributed by atoms with Gasteiger partial charge in [0.25, 0.3) is 5.69 Å². The van der Waals surface area contributed by atoms with Crippen LogP contribution in [0.2, 0.25) is 5.02 Å². The van der Waals surface area contributed by atoms with Crippen LogP contribution in [0.4, 0.5) is 11.4 Å². The van der Waals surface area contributed by atoms with Crippen molar-refractivity contribution in [3.63, 3.8) is 0 Å². The van der Waals surface area contributed by atoms with Gasteiger partial charge in [0, 0.05) is 25.2 Å². The number of hydrogen-bond donors (Lipinski definition) is 1. The zero-order valence-electron chi connectivity index (χ0n) is 12.5. The number of benzene rings is 1. The van der Waals surface area contributed by atoms with Crippen LogP contribution in [0.5, 0.6) is 0 Å². The quantitative estimate of drug-likeness (QED) is 0.493. The van der Waals surface area contributed by atoms with Crippen molar-refractivity contribution >= 4 is 57.2 Å². The minimum absolute atomic E-state index is 0.120. The number of thiocarbonyl (C=S) groups is 1. The van der Waals surface area contributed by atoms with Crippen LogP contribution in [-0.4, -0.2) is 38.4 Å². The lowest BCUT2D eigenvalue weighted by Crippen LogP contribution is -2.29. The van der Waals surface area contributed by atoms with Crippen molar-refractivity contribution < 1.29 is 9.72 Å². The number of carbonyl (C=O) groups excluding carboxylic acids is 1. The summed E-state index contributed by atoms with van der Waals surface area (Å²) in [5.41, 5.74) is 0.229. The fourth-order valence-corrected chi connectivity index (χ4v) is 3.77. The van der Waals surface area contributed by atoms with E-state index < -0.39 is 4.92 Å². The van der Waals surface area contributed by atoms with Gasteiger partial charge in [-0.2, -0.15) is 0 Å². The number of likely N-dealkylation sites (tertiary alicyclic amines) is 1. The predicted molar refractivity (Wildman–Crippen MR) is 97.2 cm³/mol. The van der Waals surface area contributed by atoms with Crippen LogP contribution in [-0.2, 0) is 4.79 Å². The molecule has 2 rings (SSSR count). The molecule has 1 heterocycles. The van der Waals surface area contributed by atoms with Crippen molar-refractivity contribution in [1.29, 1.82) is 0 Å². The SMILES string of the molecule is CC(SC(=S)N1CCCC1)C(=O)Nc1ccc([N+](=O)[O-])cc1Cl. The molecule has 0 aromatic heterocycles. The van der Waals surface area contributed by atoms with Gasteiger partial charge in [-0.1, -0.05) is 35.6 Å².